The van der Waals surface area contributed by atoms with Gasteiger partial charge in [0.15, 0.2) is 11.6 Å². The van der Waals surface area contributed by atoms with E-state index in [1.54, 1.807) is 6.07 Å². The normalized spacial score (nSPS) is 14.1. The van der Waals surface area contributed by atoms with Crippen LogP contribution >= 0.6 is 0 Å². The van der Waals surface area contributed by atoms with Crippen molar-refractivity contribution in [2.75, 3.05) is 19.8 Å². The summed E-state index contributed by atoms with van der Waals surface area (Å²) in [6.07, 6.45) is 0.861. The van der Waals surface area contributed by atoms with Gasteiger partial charge < -0.3 is 14.8 Å². The molecule has 1 N–H and O–H groups in total. The maximum Gasteiger partial charge on any atom is 0.165 e. The molecular formula is C16H26FNO2. The molecule has 4 heteroatoms. The van der Waals surface area contributed by atoms with Crippen LogP contribution in [0.4, 0.5) is 4.39 Å². The fourth-order valence-corrected chi connectivity index (χ4v) is 1.98. The van der Waals surface area contributed by atoms with E-state index in [9.17, 15) is 4.39 Å². The smallest absolute Gasteiger partial charge is 0.165 e. The third-order valence-electron chi connectivity index (χ3n) is 3.04. The summed E-state index contributed by atoms with van der Waals surface area (Å²) in [6.45, 7) is 9.92. The Balaban J connectivity index is 2.82. The SMILES string of the molecule is CCCNC(C)c1cccc(F)c1OC(C)COCC. The molecule has 0 aromatic heterocycles. The topological polar surface area (TPSA) is 30.5 Å². The quantitative estimate of drug-likeness (QED) is 0.749. The second-order valence-corrected chi connectivity index (χ2v) is 4.92. The minimum Gasteiger partial charge on any atom is -0.485 e. The summed E-state index contributed by atoms with van der Waals surface area (Å²) in [5.74, 6) is 0.00630. The number of halogens is 1. The lowest BCUT2D eigenvalue weighted by Gasteiger charge is -2.21. The molecule has 0 heterocycles. The Hall–Kier alpha value is -1.13. The van der Waals surface area contributed by atoms with Crippen LogP contribution in [0.1, 0.15) is 45.7 Å². The summed E-state index contributed by atoms with van der Waals surface area (Å²) < 4.78 is 25.1. The van der Waals surface area contributed by atoms with Gasteiger partial charge in [-0.25, -0.2) is 4.39 Å². The lowest BCUT2D eigenvalue weighted by molar-refractivity contribution is 0.0628. The van der Waals surface area contributed by atoms with Gasteiger partial charge in [0.2, 0.25) is 0 Å². The van der Waals surface area contributed by atoms with Gasteiger partial charge in [-0.1, -0.05) is 19.1 Å². The predicted molar refractivity (Wildman–Crippen MR) is 79.7 cm³/mol. The fourth-order valence-electron chi connectivity index (χ4n) is 1.98. The summed E-state index contributed by atoms with van der Waals surface area (Å²) >= 11 is 0. The molecule has 0 radical (unpaired) electrons. The van der Waals surface area contributed by atoms with E-state index in [-0.39, 0.29) is 18.0 Å². The van der Waals surface area contributed by atoms with Crippen LogP contribution < -0.4 is 10.1 Å². The molecule has 0 saturated heterocycles. The average molecular weight is 283 g/mol. The van der Waals surface area contributed by atoms with Gasteiger partial charge in [-0.15, -0.1) is 0 Å². The molecule has 0 spiro atoms. The van der Waals surface area contributed by atoms with Gasteiger partial charge in [0.25, 0.3) is 0 Å². The summed E-state index contributed by atoms with van der Waals surface area (Å²) in [4.78, 5) is 0. The minimum absolute atomic E-state index is 0.0555. The average Bonchev–Trinajstić information content (AvgIpc) is 2.44. The first-order valence-electron chi connectivity index (χ1n) is 7.36. The highest BCUT2D eigenvalue weighted by Crippen LogP contribution is 2.29. The van der Waals surface area contributed by atoms with Gasteiger partial charge in [0.05, 0.1) is 6.61 Å². The summed E-state index contributed by atoms with van der Waals surface area (Å²) in [6, 6.07) is 5.10. The maximum absolute atomic E-state index is 14.0. The van der Waals surface area contributed by atoms with Crippen LogP contribution in [0, 0.1) is 5.82 Å². The van der Waals surface area contributed by atoms with Gasteiger partial charge in [0.1, 0.15) is 6.10 Å². The van der Waals surface area contributed by atoms with Crippen LogP contribution in [0.3, 0.4) is 0 Å². The first-order valence-corrected chi connectivity index (χ1v) is 7.36. The second kappa shape index (κ2) is 8.93. The van der Waals surface area contributed by atoms with Gasteiger partial charge in [-0.2, -0.15) is 0 Å². The Kier molecular flexibility index (Phi) is 7.55. The van der Waals surface area contributed by atoms with E-state index < -0.39 is 0 Å². The predicted octanol–water partition coefficient (Wildman–Crippen LogP) is 3.69. The minimum atomic E-state index is -0.323. The molecule has 1 aromatic rings. The number of nitrogens with one attached hydrogen (secondary N) is 1. The van der Waals surface area contributed by atoms with Crippen LogP contribution in [0.5, 0.6) is 5.75 Å². The van der Waals surface area contributed by atoms with E-state index in [0.29, 0.717) is 19.0 Å². The summed E-state index contributed by atoms with van der Waals surface area (Å²) in [7, 11) is 0. The Bertz CT molecular complexity index is 398. The molecule has 2 unspecified atom stereocenters. The highest BCUT2D eigenvalue weighted by atomic mass is 19.1. The van der Waals surface area contributed by atoms with Crippen molar-refractivity contribution in [2.45, 2.75) is 46.3 Å². The monoisotopic (exact) mass is 283 g/mol. The molecule has 20 heavy (non-hydrogen) atoms. The molecular weight excluding hydrogens is 257 g/mol. The lowest BCUT2D eigenvalue weighted by Crippen LogP contribution is -2.24. The van der Waals surface area contributed by atoms with Crippen molar-refractivity contribution >= 4 is 0 Å². The molecule has 0 saturated carbocycles. The van der Waals surface area contributed by atoms with Crippen molar-refractivity contribution in [2.24, 2.45) is 0 Å². The molecule has 1 rings (SSSR count). The molecule has 0 fully saturated rings. The van der Waals surface area contributed by atoms with Crippen molar-refractivity contribution < 1.29 is 13.9 Å². The molecule has 0 amide bonds. The van der Waals surface area contributed by atoms with Crippen molar-refractivity contribution in [3.8, 4) is 5.75 Å². The van der Waals surface area contributed by atoms with E-state index in [0.717, 1.165) is 18.5 Å². The van der Waals surface area contributed by atoms with Crippen molar-refractivity contribution in [3.05, 3.63) is 29.6 Å². The number of hydrogen-bond acceptors (Lipinski definition) is 3. The largest absolute Gasteiger partial charge is 0.485 e. The zero-order valence-corrected chi connectivity index (χ0v) is 12.9. The fraction of sp³-hybridized carbons (Fsp3) is 0.625. The zero-order chi connectivity index (χ0) is 15.0. The van der Waals surface area contributed by atoms with E-state index >= 15 is 0 Å². The molecule has 0 aliphatic heterocycles. The molecule has 0 bridgehead atoms. The van der Waals surface area contributed by atoms with E-state index in [4.69, 9.17) is 9.47 Å². The van der Waals surface area contributed by atoms with Crippen LogP contribution in [-0.2, 0) is 4.74 Å². The Morgan fingerprint density at radius 3 is 2.65 bits per heavy atom. The van der Waals surface area contributed by atoms with Crippen molar-refractivity contribution in [3.63, 3.8) is 0 Å². The zero-order valence-electron chi connectivity index (χ0n) is 12.9. The number of rotatable bonds is 9. The molecule has 2 atom stereocenters. The highest BCUT2D eigenvalue weighted by molar-refractivity contribution is 5.37. The number of hydrogen-bond donors (Lipinski definition) is 1. The van der Waals surface area contributed by atoms with Crippen LogP contribution in [0.2, 0.25) is 0 Å². The molecule has 0 aliphatic rings. The van der Waals surface area contributed by atoms with E-state index in [2.05, 4.69) is 12.2 Å². The second-order valence-electron chi connectivity index (χ2n) is 4.92. The van der Waals surface area contributed by atoms with Gasteiger partial charge in [-0.3, -0.25) is 0 Å². The number of benzene rings is 1. The summed E-state index contributed by atoms with van der Waals surface area (Å²) in [5, 5.41) is 3.35. The van der Waals surface area contributed by atoms with E-state index in [1.807, 2.05) is 26.8 Å². The lowest BCUT2D eigenvalue weighted by atomic mass is 10.1. The van der Waals surface area contributed by atoms with Crippen LogP contribution in [0.25, 0.3) is 0 Å². The van der Waals surface area contributed by atoms with E-state index in [1.165, 1.54) is 6.07 Å². The van der Waals surface area contributed by atoms with Crippen molar-refractivity contribution in [1.82, 2.24) is 5.32 Å². The number of ether oxygens (including phenoxy) is 2. The third-order valence-corrected chi connectivity index (χ3v) is 3.04. The standard InChI is InChI=1S/C16H26FNO2/c1-5-10-18-13(4)14-8-7-9-15(17)16(14)20-12(3)11-19-6-2/h7-9,12-13,18H,5-6,10-11H2,1-4H3. The first kappa shape index (κ1) is 16.9. The Morgan fingerprint density at radius 1 is 1.25 bits per heavy atom. The van der Waals surface area contributed by atoms with Gasteiger partial charge >= 0.3 is 0 Å². The maximum atomic E-state index is 14.0. The Labute approximate surface area is 121 Å². The highest BCUT2D eigenvalue weighted by Gasteiger charge is 2.17. The Morgan fingerprint density at radius 2 is 2.00 bits per heavy atom. The molecule has 0 aliphatic carbocycles. The van der Waals surface area contributed by atoms with Gasteiger partial charge in [-0.05, 0) is 39.8 Å². The van der Waals surface area contributed by atoms with Crippen LogP contribution in [-0.4, -0.2) is 25.9 Å². The third kappa shape index (κ3) is 5.10. The first-order chi connectivity index (χ1) is 9.60. The van der Waals surface area contributed by atoms with Gasteiger partial charge in [0, 0.05) is 18.2 Å². The van der Waals surface area contributed by atoms with Crippen LogP contribution in [0.15, 0.2) is 18.2 Å². The molecule has 1 aromatic carbocycles. The summed E-state index contributed by atoms with van der Waals surface area (Å²) in [5.41, 5.74) is 0.849. The number of para-hydroxylation sites is 1. The molecule has 3 nitrogen and oxygen atoms in total. The molecule has 114 valence electrons. The van der Waals surface area contributed by atoms with Crippen molar-refractivity contribution in [1.29, 1.82) is 0 Å².